The molecule has 0 radical (unpaired) electrons. The van der Waals surface area contributed by atoms with Gasteiger partial charge in [-0.15, -0.1) is 0 Å². The summed E-state index contributed by atoms with van der Waals surface area (Å²) in [5, 5.41) is 6.93. The molecule has 1 heterocycles. The average Bonchev–Trinajstić information content (AvgIpc) is 2.66. The Hall–Kier alpha value is -1.16. The number of hydrogen-bond acceptors (Lipinski definition) is 1. The van der Waals surface area contributed by atoms with Crippen molar-refractivity contribution >= 4 is 15.9 Å². The molecule has 0 saturated carbocycles. The molecule has 15 heavy (non-hydrogen) atoms. The Morgan fingerprint density at radius 1 is 1.40 bits per heavy atom. The normalized spacial score (nSPS) is 10.6. The van der Waals surface area contributed by atoms with Gasteiger partial charge < -0.3 is 0 Å². The minimum atomic E-state index is -0.265. The summed E-state index contributed by atoms with van der Waals surface area (Å²) >= 11 is 3.22. The van der Waals surface area contributed by atoms with Crippen molar-refractivity contribution in [3.63, 3.8) is 0 Å². The average molecular weight is 269 g/mol. The van der Waals surface area contributed by atoms with Gasteiger partial charge in [-0.1, -0.05) is 22.9 Å². The number of aromatic amines is 1. The zero-order valence-corrected chi connectivity index (χ0v) is 9.81. The van der Waals surface area contributed by atoms with Crippen LogP contribution in [0.2, 0.25) is 0 Å². The highest BCUT2D eigenvalue weighted by Crippen LogP contribution is 2.24. The second kappa shape index (κ2) is 4.14. The van der Waals surface area contributed by atoms with E-state index in [0.29, 0.717) is 11.3 Å². The molecule has 1 aromatic heterocycles. The highest BCUT2D eigenvalue weighted by molar-refractivity contribution is 9.10. The zero-order valence-electron chi connectivity index (χ0n) is 8.22. The Labute approximate surface area is 95.6 Å². The Bertz CT molecular complexity index is 479. The molecule has 0 bridgehead atoms. The molecule has 4 heteroatoms. The van der Waals surface area contributed by atoms with Crippen LogP contribution in [-0.4, -0.2) is 10.2 Å². The maximum atomic E-state index is 13.6. The van der Waals surface area contributed by atoms with Crippen LogP contribution in [0.1, 0.15) is 12.6 Å². The first-order valence-electron chi connectivity index (χ1n) is 4.70. The first kappa shape index (κ1) is 10.4. The minimum absolute atomic E-state index is 0.265. The largest absolute Gasteiger partial charge is 0.282 e. The van der Waals surface area contributed by atoms with Gasteiger partial charge in [-0.2, -0.15) is 5.10 Å². The molecule has 0 unspecified atom stereocenters. The maximum absolute atomic E-state index is 13.6. The third-order valence-electron chi connectivity index (χ3n) is 2.22. The van der Waals surface area contributed by atoms with E-state index in [2.05, 4.69) is 26.1 Å². The van der Waals surface area contributed by atoms with Crippen LogP contribution >= 0.6 is 15.9 Å². The lowest BCUT2D eigenvalue weighted by molar-refractivity contribution is 0.630. The lowest BCUT2D eigenvalue weighted by Gasteiger charge is -1.98. The Morgan fingerprint density at radius 2 is 2.20 bits per heavy atom. The quantitative estimate of drug-likeness (QED) is 0.887. The van der Waals surface area contributed by atoms with Crippen molar-refractivity contribution in [3.8, 4) is 11.3 Å². The van der Waals surface area contributed by atoms with Gasteiger partial charge in [0.25, 0.3) is 0 Å². The van der Waals surface area contributed by atoms with Crippen molar-refractivity contribution in [2.75, 3.05) is 0 Å². The van der Waals surface area contributed by atoms with Crippen molar-refractivity contribution in [2.24, 2.45) is 0 Å². The molecular weight excluding hydrogens is 259 g/mol. The summed E-state index contributed by atoms with van der Waals surface area (Å²) in [7, 11) is 0. The highest BCUT2D eigenvalue weighted by atomic mass is 79.9. The summed E-state index contributed by atoms with van der Waals surface area (Å²) in [6, 6.07) is 6.83. The third-order valence-corrected chi connectivity index (χ3v) is 2.71. The molecule has 0 aliphatic carbocycles. The summed E-state index contributed by atoms with van der Waals surface area (Å²) in [4.78, 5) is 0. The molecule has 0 atom stereocenters. The molecule has 2 nitrogen and oxygen atoms in total. The van der Waals surface area contributed by atoms with Crippen LogP contribution in [0.3, 0.4) is 0 Å². The third kappa shape index (κ3) is 2.09. The highest BCUT2D eigenvalue weighted by Gasteiger charge is 2.08. The van der Waals surface area contributed by atoms with E-state index in [-0.39, 0.29) is 5.82 Å². The maximum Gasteiger partial charge on any atom is 0.133 e. The number of aromatic nitrogens is 2. The number of nitrogens with zero attached hydrogens (tertiary/aromatic N) is 1. The summed E-state index contributed by atoms with van der Waals surface area (Å²) in [6.07, 6.45) is 0.866. The molecule has 0 fully saturated rings. The Kier molecular flexibility index (Phi) is 2.86. The lowest BCUT2D eigenvalue weighted by atomic mass is 10.1. The number of H-pyrrole nitrogens is 1. The number of rotatable bonds is 2. The molecule has 0 aliphatic rings. The van der Waals surface area contributed by atoms with Crippen LogP contribution in [0.4, 0.5) is 4.39 Å². The minimum Gasteiger partial charge on any atom is -0.282 e. The predicted molar refractivity (Wildman–Crippen MR) is 61.1 cm³/mol. The van der Waals surface area contributed by atoms with E-state index < -0.39 is 0 Å². The van der Waals surface area contributed by atoms with Crippen LogP contribution in [-0.2, 0) is 6.42 Å². The van der Waals surface area contributed by atoms with Gasteiger partial charge in [-0.25, -0.2) is 4.39 Å². The Balaban J connectivity index is 2.44. The molecule has 0 saturated heterocycles. The fourth-order valence-corrected chi connectivity index (χ4v) is 1.71. The fraction of sp³-hybridized carbons (Fsp3) is 0.182. The summed E-state index contributed by atoms with van der Waals surface area (Å²) in [5.41, 5.74) is 2.18. The fourth-order valence-electron chi connectivity index (χ4n) is 1.38. The van der Waals surface area contributed by atoms with Gasteiger partial charge in [0.05, 0.1) is 5.69 Å². The van der Waals surface area contributed by atoms with Crippen LogP contribution in [0, 0.1) is 5.82 Å². The zero-order chi connectivity index (χ0) is 10.8. The molecule has 1 aromatic carbocycles. The van der Waals surface area contributed by atoms with Crippen molar-refractivity contribution in [1.29, 1.82) is 0 Å². The molecule has 78 valence electrons. The van der Waals surface area contributed by atoms with E-state index in [1.165, 1.54) is 6.07 Å². The molecule has 0 amide bonds. The van der Waals surface area contributed by atoms with Crippen molar-refractivity contribution in [2.45, 2.75) is 13.3 Å². The first-order chi connectivity index (χ1) is 7.20. The van der Waals surface area contributed by atoms with E-state index in [9.17, 15) is 4.39 Å². The number of nitrogens with one attached hydrogen (secondary N) is 1. The van der Waals surface area contributed by atoms with Gasteiger partial charge in [0.15, 0.2) is 0 Å². The van der Waals surface area contributed by atoms with E-state index in [1.54, 1.807) is 12.1 Å². The summed E-state index contributed by atoms with van der Waals surface area (Å²) in [5.74, 6) is -0.265. The van der Waals surface area contributed by atoms with Gasteiger partial charge in [-0.3, -0.25) is 5.10 Å². The molecular formula is C11H10BrFN2. The molecule has 2 aromatic rings. The van der Waals surface area contributed by atoms with E-state index in [0.717, 1.165) is 16.6 Å². The van der Waals surface area contributed by atoms with E-state index in [1.807, 2.05) is 13.0 Å². The summed E-state index contributed by atoms with van der Waals surface area (Å²) < 4.78 is 14.3. The summed E-state index contributed by atoms with van der Waals surface area (Å²) in [6.45, 7) is 2.02. The van der Waals surface area contributed by atoms with E-state index in [4.69, 9.17) is 0 Å². The predicted octanol–water partition coefficient (Wildman–Crippen LogP) is 3.54. The first-order valence-corrected chi connectivity index (χ1v) is 5.49. The second-order valence-corrected chi connectivity index (χ2v) is 4.17. The van der Waals surface area contributed by atoms with Crippen LogP contribution in [0.15, 0.2) is 28.7 Å². The molecule has 2 rings (SSSR count). The van der Waals surface area contributed by atoms with Gasteiger partial charge >= 0.3 is 0 Å². The molecule has 1 N–H and O–H groups in total. The Morgan fingerprint density at radius 3 is 2.80 bits per heavy atom. The van der Waals surface area contributed by atoms with E-state index >= 15 is 0 Å². The number of benzene rings is 1. The monoisotopic (exact) mass is 268 g/mol. The van der Waals surface area contributed by atoms with Crippen molar-refractivity contribution in [1.82, 2.24) is 10.2 Å². The van der Waals surface area contributed by atoms with Gasteiger partial charge in [0, 0.05) is 15.7 Å². The second-order valence-electron chi connectivity index (χ2n) is 3.26. The van der Waals surface area contributed by atoms with Crippen LogP contribution in [0.25, 0.3) is 11.3 Å². The number of halogens is 2. The van der Waals surface area contributed by atoms with Crippen LogP contribution < -0.4 is 0 Å². The van der Waals surface area contributed by atoms with Gasteiger partial charge in [0.1, 0.15) is 5.82 Å². The van der Waals surface area contributed by atoms with Gasteiger partial charge in [0.2, 0.25) is 0 Å². The topological polar surface area (TPSA) is 28.7 Å². The smallest absolute Gasteiger partial charge is 0.133 e. The standard InChI is InChI=1S/C11H10BrFN2/c1-2-8-6-11(15-14-8)9-4-3-7(12)5-10(9)13/h3-6H,2H2,1H3,(H,14,15). The van der Waals surface area contributed by atoms with Crippen molar-refractivity contribution < 1.29 is 4.39 Å². The van der Waals surface area contributed by atoms with Crippen molar-refractivity contribution in [3.05, 3.63) is 40.2 Å². The number of hydrogen-bond donors (Lipinski definition) is 1. The van der Waals surface area contributed by atoms with Crippen LogP contribution in [0.5, 0.6) is 0 Å². The number of aryl methyl sites for hydroxylation is 1. The lowest BCUT2D eigenvalue weighted by Crippen LogP contribution is -1.84. The molecule has 0 spiro atoms. The van der Waals surface area contributed by atoms with Gasteiger partial charge in [-0.05, 0) is 30.7 Å². The molecule has 0 aliphatic heterocycles. The SMILES string of the molecule is CCc1cc(-c2ccc(Br)cc2F)n[nH]1.